The maximum absolute atomic E-state index is 4.16. The summed E-state index contributed by atoms with van der Waals surface area (Å²) >= 11 is 0. The van der Waals surface area contributed by atoms with Gasteiger partial charge in [0, 0.05) is 28.9 Å². The fraction of sp³-hybridized carbons (Fsp3) is 0.106. The zero-order valence-electron chi connectivity index (χ0n) is 27.6. The van der Waals surface area contributed by atoms with E-state index in [9.17, 15) is 0 Å². The largest absolute Gasteiger partial charge is 0.318 e. The molecule has 1 aliphatic rings. The molecule has 0 radical (unpaired) electrons. The minimum absolute atomic E-state index is 0.0699. The highest BCUT2D eigenvalue weighted by molar-refractivity contribution is 6.13. The van der Waals surface area contributed by atoms with E-state index in [1.807, 2.05) is 0 Å². The Balaban J connectivity index is 1.20. The van der Waals surface area contributed by atoms with E-state index in [1.165, 1.54) is 60.5 Å². The van der Waals surface area contributed by atoms with E-state index < -0.39 is 0 Å². The van der Waals surface area contributed by atoms with Crippen molar-refractivity contribution in [3.63, 3.8) is 0 Å². The molecule has 0 heterocycles. The zero-order chi connectivity index (χ0) is 32.7. The lowest BCUT2D eigenvalue weighted by Crippen LogP contribution is -2.16. The summed E-state index contributed by atoms with van der Waals surface area (Å²) in [6, 6.07) is 55.3. The van der Waals surface area contributed by atoms with Crippen LogP contribution < -0.4 is 4.90 Å². The van der Waals surface area contributed by atoms with Gasteiger partial charge in [0.1, 0.15) is 0 Å². The summed E-state index contributed by atoms with van der Waals surface area (Å²) in [6.45, 7) is 8.85. The van der Waals surface area contributed by atoms with E-state index in [2.05, 4.69) is 195 Å². The molecule has 0 aliphatic heterocycles. The van der Waals surface area contributed by atoms with Gasteiger partial charge in [-0.1, -0.05) is 147 Å². The predicted molar refractivity (Wildman–Crippen MR) is 206 cm³/mol. The first-order valence-corrected chi connectivity index (χ1v) is 16.9. The van der Waals surface area contributed by atoms with E-state index in [0.717, 1.165) is 17.8 Å². The minimum atomic E-state index is -0.0699. The lowest BCUT2D eigenvalue weighted by atomic mass is 9.82. The second-order valence-corrected chi connectivity index (χ2v) is 13.4. The second-order valence-electron chi connectivity index (χ2n) is 13.4. The molecule has 1 aliphatic carbocycles. The van der Waals surface area contributed by atoms with Gasteiger partial charge in [-0.3, -0.25) is 0 Å². The summed E-state index contributed by atoms with van der Waals surface area (Å²) in [5.74, 6) is 0.251. The smallest absolute Gasteiger partial charge is 0.0458 e. The Morgan fingerprint density at radius 1 is 0.583 bits per heavy atom. The maximum atomic E-state index is 4.16. The van der Waals surface area contributed by atoms with Crippen molar-refractivity contribution >= 4 is 32.9 Å². The summed E-state index contributed by atoms with van der Waals surface area (Å²) in [5.41, 5.74) is 11.4. The summed E-state index contributed by atoms with van der Waals surface area (Å²) in [4.78, 5) is 2.34. The predicted octanol–water partition coefficient (Wildman–Crippen LogP) is 13.0. The molecule has 232 valence electrons. The van der Waals surface area contributed by atoms with Crippen LogP contribution in [0.2, 0.25) is 0 Å². The third kappa shape index (κ3) is 5.13. The van der Waals surface area contributed by atoms with Gasteiger partial charge in [0.25, 0.3) is 0 Å². The first kappa shape index (κ1) is 29.7. The molecule has 0 aromatic heterocycles. The van der Waals surface area contributed by atoms with Crippen LogP contribution in [-0.4, -0.2) is 0 Å². The molecular weight excluding hydrogens is 579 g/mol. The van der Waals surface area contributed by atoms with Crippen molar-refractivity contribution in [3.05, 3.63) is 193 Å². The van der Waals surface area contributed by atoms with Gasteiger partial charge in [-0.25, -0.2) is 0 Å². The Morgan fingerprint density at radius 3 is 2.02 bits per heavy atom. The minimum Gasteiger partial charge on any atom is -0.318 e. The van der Waals surface area contributed by atoms with E-state index >= 15 is 0 Å². The van der Waals surface area contributed by atoms with Crippen molar-refractivity contribution in [2.45, 2.75) is 31.6 Å². The molecule has 7 aromatic rings. The first-order chi connectivity index (χ1) is 23.5. The number of anilines is 2. The normalized spacial score (nSPS) is 13.8. The number of allylic oxidation sites excluding steroid dienone is 2. The Kier molecular flexibility index (Phi) is 7.54. The molecule has 0 saturated heterocycles. The molecule has 8 rings (SSSR count). The van der Waals surface area contributed by atoms with Crippen LogP contribution in [-0.2, 0) is 5.41 Å². The van der Waals surface area contributed by atoms with E-state index in [1.54, 1.807) is 0 Å². The van der Waals surface area contributed by atoms with Crippen LogP contribution in [0.5, 0.6) is 0 Å². The quantitative estimate of drug-likeness (QED) is 0.121. The Bertz CT molecular complexity index is 2310. The number of fused-ring (bicyclic) bond motifs is 6. The average Bonchev–Trinajstić information content (AvgIpc) is 3.37. The van der Waals surface area contributed by atoms with E-state index in [0.29, 0.717) is 0 Å². The number of nitrogens with zero attached hydrogens (tertiary/aromatic N) is 1. The molecule has 0 spiro atoms. The van der Waals surface area contributed by atoms with E-state index in [4.69, 9.17) is 0 Å². The van der Waals surface area contributed by atoms with Crippen LogP contribution in [0.25, 0.3) is 43.8 Å². The highest BCUT2D eigenvalue weighted by Gasteiger charge is 2.35. The van der Waals surface area contributed by atoms with Gasteiger partial charge in [-0.05, 0) is 97.2 Å². The maximum Gasteiger partial charge on any atom is 0.0458 e. The number of rotatable bonds is 8. The number of hydrogen-bond acceptors (Lipinski definition) is 1. The molecule has 48 heavy (non-hydrogen) atoms. The highest BCUT2D eigenvalue weighted by Crippen LogP contribution is 2.50. The molecule has 0 saturated carbocycles. The third-order valence-corrected chi connectivity index (χ3v) is 10.2. The summed E-state index contributed by atoms with van der Waals surface area (Å²) in [5, 5.41) is 5.12. The van der Waals surface area contributed by atoms with E-state index in [-0.39, 0.29) is 11.3 Å². The Labute approximate surface area is 284 Å². The highest BCUT2D eigenvalue weighted by atomic mass is 15.1. The Hall–Kier alpha value is -5.66. The fourth-order valence-electron chi connectivity index (χ4n) is 7.64. The molecule has 1 unspecified atom stereocenters. The van der Waals surface area contributed by atoms with Crippen LogP contribution in [0.4, 0.5) is 11.4 Å². The van der Waals surface area contributed by atoms with Crippen LogP contribution in [0.1, 0.15) is 42.9 Å². The molecule has 0 N–H and O–H groups in total. The van der Waals surface area contributed by atoms with Gasteiger partial charge < -0.3 is 4.90 Å². The van der Waals surface area contributed by atoms with Gasteiger partial charge in [0.15, 0.2) is 0 Å². The summed E-state index contributed by atoms with van der Waals surface area (Å²) in [7, 11) is 0. The topological polar surface area (TPSA) is 3.24 Å². The third-order valence-electron chi connectivity index (χ3n) is 10.2. The SMILES string of the molecule is C=CC(C/C=C/N(c1ccc(-c2cc3ccccc3c3ccccc23)cc1)c1ccc2c(c1)C(C)(C)c1ccccc1-2)c1ccccc1. The van der Waals surface area contributed by atoms with Crippen molar-refractivity contribution in [1.29, 1.82) is 0 Å². The Morgan fingerprint density at radius 2 is 1.23 bits per heavy atom. The number of hydrogen-bond donors (Lipinski definition) is 0. The molecule has 1 heteroatoms. The summed E-state index contributed by atoms with van der Waals surface area (Å²) < 4.78 is 0. The van der Waals surface area contributed by atoms with Crippen molar-refractivity contribution in [3.8, 4) is 22.3 Å². The first-order valence-electron chi connectivity index (χ1n) is 16.9. The molecule has 0 bridgehead atoms. The lowest BCUT2D eigenvalue weighted by molar-refractivity contribution is 0.660. The lowest BCUT2D eigenvalue weighted by Gasteiger charge is -2.26. The monoisotopic (exact) mass is 617 g/mol. The van der Waals surface area contributed by atoms with Gasteiger partial charge in [-0.2, -0.15) is 0 Å². The summed E-state index contributed by atoms with van der Waals surface area (Å²) in [6.07, 6.45) is 7.46. The molecule has 1 nitrogen and oxygen atoms in total. The van der Waals surface area contributed by atoms with Gasteiger partial charge >= 0.3 is 0 Å². The molecule has 1 atom stereocenters. The van der Waals surface area contributed by atoms with Crippen LogP contribution in [0.3, 0.4) is 0 Å². The van der Waals surface area contributed by atoms with Crippen LogP contribution in [0.15, 0.2) is 177 Å². The van der Waals surface area contributed by atoms with Crippen molar-refractivity contribution < 1.29 is 0 Å². The standard InChI is InChI=1S/C47H39N/c1-4-33(34-15-6-5-7-16-34)18-14-30-48(38-28-29-43-42-22-12-13-23-45(42)47(2,3)46(43)32-38)37-26-24-35(25-27-37)44-31-36-17-8-9-19-39(36)40-20-10-11-21-41(40)44/h4-17,19-33H,1,18H2,2-3H3/b30-14+. The molecular formula is C47H39N. The molecule has 7 aromatic carbocycles. The fourth-order valence-corrected chi connectivity index (χ4v) is 7.64. The second kappa shape index (κ2) is 12.2. The van der Waals surface area contributed by atoms with Crippen molar-refractivity contribution in [2.24, 2.45) is 0 Å². The molecule has 0 amide bonds. The van der Waals surface area contributed by atoms with Crippen molar-refractivity contribution in [2.75, 3.05) is 4.90 Å². The average molecular weight is 618 g/mol. The zero-order valence-corrected chi connectivity index (χ0v) is 27.6. The van der Waals surface area contributed by atoms with Crippen molar-refractivity contribution in [1.82, 2.24) is 0 Å². The van der Waals surface area contributed by atoms with Gasteiger partial charge in [0.05, 0.1) is 0 Å². The molecule has 0 fully saturated rings. The van der Waals surface area contributed by atoms with Gasteiger partial charge in [-0.15, -0.1) is 6.58 Å². The van der Waals surface area contributed by atoms with Crippen LogP contribution in [0, 0.1) is 0 Å². The van der Waals surface area contributed by atoms with Gasteiger partial charge in [0.2, 0.25) is 0 Å². The number of benzene rings is 7. The van der Waals surface area contributed by atoms with Crippen LogP contribution >= 0.6 is 0 Å².